The average Bonchev–Trinajstić information content (AvgIpc) is 3.08. The van der Waals surface area contributed by atoms with Crippen LogP contribution in [-0.4, -0.2) is 61.5 Å². The van der Waals surface area contributed by atoms with Gasteiger partial charge in [-0.05, 0) is 63.7 Å². The first-order chi connectivity index (χ1) is 16.1. The Balaban J connectivity index is 0.00000408. The monoisotopic (exact) mass is 494 g/mol. The maximum Gasteiger partial charge on any atom is 0.340 e. The van der Waals surface area contributed by atoms with Crippen molar-refractivity contribution in [3.05, 3.63) is 30.3 Å². The molecule has 0 radical (unpaired) electrons. The zero-order valence-electron chi connectivity index (χ0n) is 21.1. The number of halogens is 1. The van der Waals surface area contributed by atoms with Crippen molar-refractivity contribution >= 4 is 30.1 Å². The number of amides is 2. The number of carbonyl (C=O) groups is 2. The number of anilines is 1. The largest absolute Gasteiger partial charge is 0.469 e. The van der Waals surface area contributed by atoms with Crippen LogP contribution in [0.25, 0.3) is 0 Å². The lowest BCUT2D eigenvalue weighted by Crippen LogP contribution is -2.46. The summed E-state index contributed by atoms with van der Waals surface area (Å²) in [6, 6.07) is 9.84. The molecule has 0 aliphatic carbocycles. The summed E-state index contributed by atoms with van der Waals surface area (Å²) in [6.07, 6.45) is 8.39. The summed E-state index contributed by atoms with van der Waals surface area (Å²) in [7, 11) is 1.46. The van der Waals surface area contributed by atoms with Gasteiger partial charge in [0, 0.05) is 18.8 Å². The first-order valence-corrected chi connectivity index (χ1v) is 12.8. The van der Waals surface area contributed by atoms with Crippen molar-refractivity contribution in [2.24, 2.45) is 11.8 Å². The van der Waals surface area contributed by atoms with Gasteiger partial charge in [0.2, 0.25) is 0 Å². The molecular weight excluding hydrogens is 452 g/mol. The summed E-state index contributed by atoms with van der Waals surface area (Å²) in [4.78, 5) is 28.1. The normalized spacial score (nSPS) is 20.3. The van der Waals surface area contributed by atoms with Crippen molar-refractivity contribution in [3.8, 4) is 0 Å². The van der Waals surface area contributed by atoms with Gasteiger partial charge in [0.1, 0.15) is 6.17 Å². The Kier molecular flexibility index (Phi) is 12.2. The van der Waals surface area contributed by atoms with E-state index in [9.17, 15) is 9.59 Å². The summed E-state index contributed by atoms with van der Waals surface area (Å²) in [6.45, 7) is 7.53. The number of hydrogen-bond donors (Lipinski definition) is 1. The van der Waals surface area contributed by atoms with E-state index in [0.29, 0.717) is 19.0 Å². The van der Waals surface area contributed by atoms with E-state index in [1.54, 1.807) is 0 Å². The highest BCUT2D eigenvalue weighted by Gasteiger charge is 2.44. The SMILES string of the molecule is CCCCCCC(CN1C(C)N(c2ccccc2)C(=O)N1CCC1CCNCC1)C(=O)OC.Cl. The Hall–Kier alpha value is -1.83. The highest BCUT2D eigenvalue weighted by atomic mass is 35.5. The first-order valence-electron chi connectivity index (χ1n) is 12.8. The molecule has 7 nitrogen and oxygen atoms in total. The third-order valence-corrected chi connectivity index (χ3v) is 7.13. The Morgan fingerprint density at radius 2 is 1.85 bits per heavy atom. The molecule has 1 aromatic rings. The molecule has 2 aliphatic heterocycles. The number of nitrogens with one attached hydrogen (secondary N) is 1. The second-order valence-corrected chi connectivity index (χ2v) is 9.42. The lowest BCUT2D eigenvalue weighted by molar-refractivity contribution is -0.148. The number of benzene rings is 1. The van der Waals surface area contributed by atoms with Gasteiger partial charge in [0.25, 0.3) is 0 Å². The minimum atomic E-state index is -0.237. The molecule has 2 aliphatic rings. The zero-order valence-corrected chi connectivity index (χ0v) is 21.9. The average molecular weight is 495 g/mol. The topological polar surface area (TPSA) is 65.1 Å². The molecule has 0 spiro atoms. The summed E-state index contributed by atoms with van der Waals surface area (Å²) >= 11 is 0. The number of piperidine rings is 1. The third-order valence-electron chi connectivity index (χ3n) is 7.13. The maximum absolute atomic E-state index is 13.6. The molecule has 1 aromatic carbocycles. The summed E-state index contributed by atoms with van der Waals surface area (Å²) < 4.78 is 5.15. The number of hydrogen-bond acceptors (Lipinski definition) is 5. The van der Waals surface area contributed by atoms with Crippen molar-refractivity contribution in [2.75, 3.05) is 38.2 Å². The van der Waals surface area contributed by atoms with Crippen LogP contribution < -0.4 is 10.2 Å². The molecule has 8 heteroatoms. The van der Waals surface area contributed by atoms with E-state index < -0.39 is 0 Å². The molecule has 2 heterocycles. The van der Waals surface area contributed by atoms with Gasteiger partial charge in [-0.1, -0.05) is 50.8 Å². The van der Waals surface area contributed by atoms with Crippen LogP contribution in [0.5, 0.6) is 0 Å². The number of unbranched alkanes of at least 4 members (excludes halogenated alkanes) is 3. The van der Waals surface area contributed by atoms with E-state index in [-0.39, 0.29) is 36.5 Å². The van der Waals surface area contributed by atoms with Gasteiger partial charge < -0.3 is 10.1 Å². The molecule has 34 heavy (non-hydrogen) atoms. The number of ether oxygens (including phenoxy) is 1. The van der Waals surface area contributed by atoms with E-state index in [0.717, 1.165) is 63.7 Å². The minimum absolute atomic E-state index is 0. The predicted octanol–water partition coefficient (Wildman–Crippen LogP) is 5.06. The summed E-state index contributed by atoms with van der Waals surface area (Å²) in [5.74, 6) is 0.217. The van der Waals surface area contributed by atoms with E-state index in [4.69, 9.17) is 4.74 Å². The third kappa shape index (κ3) is 7.33. The first kappa shape index (κ1) is 28.4. The predicted molar refractivity (Wildman–Crippen MR) is 139 cm³/mol. The maximum atomic E-state index is 13.6. The van der Waals surface area contributed by atoms with Gasteiger partial charge in [-0.25, -0.2) is 4.79 Å². The standard InChI is InChI=1S/C26H42N4O3.ClH/c1-4-5-6-8-11-23(25(31)33-3)20-29-21(2)30(24-12-9-7-10-13-24)26(32)28(29)19-16-22-14-17-27-18-15-22;/h7,9-10,12-13,21-23,27H,4-6,8,11,14-20H2,1-3H3;1H. The number of carbonyl (C=O) groups excluding carboxylic acids is 2. The number of nitrogens with zero attached hydrogens (tertiary/aromatic N) is 3. The van der Waals surface area contributed by atoms with Crippen molar-refractivity contribution in [1.29, 1.82) is 0 Å². The molecular formula is C26H43ClN4O3. The second kappa shape index (κ2) is 14.5. The van der Waals surface area contributed by atoms with E-state index >= 15 is 0 Å². The smallest absolute Gasteiger partial charge is 0.340 e. The Bertz CT molecular complexity index is 745. The van der Waals surface area contributed by atoms with Gasteiger partial charge in [0.05, 0.1) is 13.0 Å². The number of rotatable bonds is 12. The van der Waals surface area contributed by atoms with Crippen LogP contribution in [-0.2, 0) is 9.53 Å². The van der Waals surface area contributed by atoms with Crippen LogP contribution in [0, 0.1) is 11.8 Å². The Morgan fingerprint density at radius 1 is 1.15 bits per heavy atom. The van der Waals surface area contributed by atoms with E-state index in [2.05, 4.69) is 24.2 Å². The van der Waals surface area contributed by atoms with Gasteiger partial charge in [-0.3, -0.25) is 14.7 Å². The van der Waals surface area contributed by atoms with Crippen LogP contribution >= 0.6 is 12.4 Å². The van der Waals surface area contributed by atoms with E-state index in [1.807, 2.05) is 40.2 Å². The fourth-order valence-corrected chi connectivity index (χ4v) is 5.09. The van der Waals surface area contributed by atoms with Crippen molar-refractivity contribution in [3.63, 3.8) is 0 Å². The lowest BCUT2D eigenvalue weighted by atomic mass is 9.95. The quantitative estimate of drug-likeness (QED) is 0.325. The van der Waals surface area contributed by atoms with Crippen LogP contribution in [0.15, 0.2) is 30.3 Å². The molecule has 2 amide bonds. The molecule has 1 N–H and O–H groups in total. The number of hydrazine groups is 1. The molecule has 192 valence electrons. The molecule has 2 fully saturated rings. The molecule has 2 unspecified atom stereocenters. The van der Waals surface area contributed by atoms with Crippen molar-refractivity contribution in [1.82, 2.24) is 15.3 Å². The minimum Gasteiger partial charge on any atom is -0.469 e. The Labute approximate surface area is 211 Å². The summed E-state index contributed by atoms with van der Waals surface area (Å²) in [5.41, 5.74) is 0.891. The highest BCUT2D eigenvalue weighted by molar-refractivity contribution is 5.94. The molecule has 3 rings (SSSR count). The van der Waals surface area contributed by atoms with Crippen LogP contribution in [0.1, 0.15) is 65.2 Å². The van der Waals surface area contributed by atoms with Crippen LogP contribution in [0.4, 0.5) is 10.5 Å². The lowest BCUT2D eigenvalue weighted by Gasteiger charge is -2.33. The zero-order chi connectivity index (χ0) is 23.6. The molecule has 2 atom stereocenters. The fourth-order valence-electron chi connectivity index (χ4n) is 5.09. The molecule has 0 bridgehead atoms. The van der Waals surface area contributed by atoms with Gasteiger partial charge >= 0.3 is 12.0 Å². The molecule has 2 saturated heterocycles. The van der Waals surface area contributed by atoms with Crippen molar-refractivity contribution < 1.29 is 14.3 Å². The molecule has 0 aromatic heterocycles. The van der Waals surface area contributed by atoms with Gasteiger partial charge in [-0.2, -0.15) is 5.01 Å². The number of methoxy groups -OCH3 is 1. The van der Waals surface area contributed by atoms with Crippen molar-refractivity contribution in [2.45, 2.75) is 71.4 Å². The fraction of sp³-hybridized carbons (Fsp3) is 0.692. The number of para-hydroxylation sites is 1. The second-order valence-electron chi connectivity index (χ2n) is 9.42. The number of urea groups is 1. The van der Waals surface area contributed by atoms with Crippen LogP contribution in [0.3, 0.4) is 0 Å². The molecule has 0 saturated carbocycles. The summed E-state index contributed by atoms with van der Waals surface area (Å²) in [5, 5.41) is 7.42. The van der Waals surface area contributed by atoms with Gasteiger partial charge in [0.15, 0.2) is 0 Å². The Morgan fingerprint density at radius 3 is 2.50 bits per heavy atom. The highest BCUT2D eigenvalue weighted by Crippen LogP contribution is 2.31. The number of esters is 1. The van der Waals surface area contributed by atoms with Gasteiger partial charge in [-0.15, -0.1) is 12.4 Å². The van der Waals surface area contributed by atoms with E-state index in [1.165, 1.54) is 13.5 Å². The van der Waals surface area contributed by atoms with Crippen LogP contribution in [0.2, 0.25) is 0 Å².